The number of carbonyl (C=O) groups excluding carboxylic acids is 4. The van der Waals surface area contributed by atoms with E-state index in [0.717, 1.165) is 12.0 Å². The van der Waals surface area contributed by atoms with Gasteiger partial charge in [-0.2, -0.15) is 8.78 Å². The van der Waals surface area contributed by atoms with E-state index in [1.807, 2.05) is 30.3 Å². The largest absolute Gasteiger partial charge is 0.453 e. The summed E-state index contributed by atoms with van der Waals surface area (Å²) >= 11 is 0. The molecule has 2 fully saturated rings. The molecule has 2 aromatic heterocycles. The Bertz CT molecular complexity index is 2680. The molecule has 16 heteroatoms. The van der Waals surface area contributed by atoms with Gasteiger partial charge in [-0.25, -0.2) is 19.6 Å². The standard InChI is InChI=1S/C45H42F2N8O6/c1-60-43(58)49-24-38(56)54-18-6-11-37(54)41-50-33-17-14-27(22-34(33)51-41)26-12-15-29-30-16-13-28(21-32(30)45(46,47)31(29)20-26)35-23-48-40(52-35)36-10-7-19-55(36)42(57)39(53-44(59)61-2)25-8-4-3-5-9-25/h3-5,8-9,12-17,20-23,36-37,39H,6-7,10-11,18-19,24H2,1-2H3,(H,48,52)(H,49,58)(H,50,51)(H,53,59)/t36-,37-,39+/m0/s1. The molecule has 0 unspecified atom stereocenters. The monoisotopic (exact) mass is 828 g/mol. The Morgan fingerprint density at radius 1 is 0.787 bits per heavy atom. The highest BCUT2D eigenvalue weighted by Gasteiger charge is 2.45. The van der Waals surface area contributed by atoms with Crippen LogP contribution in [0.5, 0.6) is 0 Å². The van der Waals surface area contributed by atoms with E-state index in [0.29, 0.717) is 88.5 Å². The third-order valence-electron chi connectivity index (χ3n) is 11.9. The number of benzene rings is 4. The number of ether oxygens (including phenoxy) is 2. The number of halogens is 2. The van der Waals surface area contributed by atoms with Crippen molar-refractivity contribution in [2.75, 3.05) is 33.9 Å². The van der Waals surface area contributed by atoms with Crippen LogP contribution in [-0.4, -0.2) is 87.6 Å². The number of hydrogen-bond donors (Lipinski definition) is 4. The van der Waals surface area contributed by atoms with Crippen LogP contribution in [0.4, 0.5) is 18.4 Å². The Hall–Kier alpha value is -7.10. The van der Waals surface area contributed by atoms with E-state index >= 15 is 8.78 Å². The first-order valence-corrected chi connectivity index (χ1v) is 20.1. The van der Waals surface area contributed by atoms with Crippen molar-refractivity contribution in [3.8, 4) is 33.5 Å². The molecule has 61 heavy (non-hydrogen) atoms. The van der Waals surface area contributed by atoms with Crippen LogP contribution in [0.2, 0.25) is 0 Å². The third-order valence-corrected chi connectivity index (χ3v) is 11.9. The molecule has 0 spiro atoms. The lowest BCUT2D eigenvalue weighted by molar-refractivity contribution is -0.134. The number of nitrogens with zero attached hydrogens (tertiary/aromatic N) is 4. The number of H-pyrrole nitrogens is 2. The molecule has 0 radical (unpaired) electrons. The zero-order valence-corrected chi connectivity index (χ0v) is 33.3. The van der Waals surface area contributed by atoms with Gasteiger partial charge in [-0.3, -0.25) is 9.59 Å². The van der Waals surface area contributed by atoms with Crippen LogP contribution in [0.15, 0.2) is 91.1 Å². The van der Waals surface area contributed by atoms with Gasteiger partial charge < -0.3 is 39.9 Å². The zero-order valence-electron chi connectivity index (χ0n) is 33.3. The topological polar surface area (TPSA) is 175 Å². The number of rotatable bonds is 9. The number of alkyl carbamates (subject to hydrolysis) is 2. The fraction of sp³-hybridized carbons (Fsp3) is 0.289. The fourth-order valence-electron chi connectivity index (χ4n) is 8.85. The van der Waals surface area contributed by atoms with Gasteiger partial charge in [0.05, 0.1) is 49.2 Å². The maximum atomic E-state index is 16.5. The predicted molar refractivity (Wildman–Crippen MR) is 220 cm³/mol. The molecule has 2 saturated heterocycles. The number of likely N-dealkylation sites (tertiary alicyclic amines) is 2. The van der Waals surface area contributed by atoms with Gasteiger partial charge in [-0.15, -0.1) is 0 Å². The van der Waals surface area contributed by atoms with E-state index < -0.39 is 30.2 Å². The number of alkyl halides is 2. The Balaban J connectivity index is 0.936. The SMILES string of the molecule is COC(=O)NCC(=O)N1CCC[C@H]1c1nc2ccc(-c3ccc4c(c3)C(F)(F)c3cc(-c5cnc([C@@H]6CCCN6C(=O)[C@H](NC(=O)OC)c6ccccc6)[nH]5)ccc3-4)cc2[nH]1. The second-order valence-corrected chi connectivity index (χ2v) is 15.4. The molecule has 3 aliphatic rings. The van der Waals surface area contributed by atoms with Crippen LogP contribution in [-0.2, 0) is 25.0 Å². The summed E-state index contributed by atoms with van der Waals surface area (Å²) < 4.78 is 42.4. The summed E-state index contributed by atoms with van der Waals surface area (Å²) in [5.41, 5.74) is 5.08. The number of carbonyl (C=O) groups is 4. The molecule has 312 valence electrons. The summed E-state index contributed by atoms with van der Waals surface area (Å²) in [5, 5.41) is 5.10. The Labute approximate surface area is 348 Å². The zero-order chi connectivity index (χ0) is 42.4. The molecular formula is C45H42F2N8O6. The van der Waals surface area contributed by atoms with Crippen molar-refractivity contribution in [2.24, 2.45) is 0 Å². The Morgan fingerprint density at radius 2 is 1.43 bits per heavy atom. The molecule has 2 aliphatic heterocycles. The first-order chi connectivity index (χ1) is 29.5. The molecule has 0 bridgehead atoms. The van der Waals surface area contributed by atoms with Crippen LogP contribution in [0.3, 0.4) is 0 Å². The van der Waals surface area contributed by atoms with E-state index in [1.165, 1.54) is 26.4 Å². The molecule has 6 aromatic rings. The number of hydrogen-bond acceptors (Lipinski definition) is 8. The van der Waals surface area contributed by atoms with Crippen molar-refractivity contribution in [1.29, 1.82) is 0 Å². The average Bonchev–Trinajstić information content (AvgIpc) is 4.14. The first kappa shape index (κ1) is 39.4. The van der Waals surface area contributed by atoms with Gasteiger partial charge in [-0.05, 0) is 77.8 Å². The van der Waals surface area contributed by atoms with E-state index in [9.17, 15) is 19.2 Å². The van der Waals surface area contributed by atoms with Crippen molar-refractivity contribution in [1.82, 2.24) is 40.4 Å². The normalized spacial score (nSPS) is 18.1. The summed E-state index contributed by atoms with van der Waals surface area (Å²) in [7, 11) is 2.47. The molecule has 4 heterocycles. The Morgan fingerprint density at radius 3 is 2.15 bits per heavy atom. The van der Waals surface area contributed by atoms with Crippen LogP contribution < -0.4 is 10.6 Å². The number of fused-ring (bicyclic) bond motifs is 4. The first-order valence-electron chi connectivity index (χ1n) is 20.1. The van der Waals surface area contributed by atoms with Gasteiger partial charge in [0.25, 0.3) is 11.8 Å². The maximum Gasteiger partial charge on any atom is 0.407 e. The van der Waals surface area contributed by atoms with Crippen LogP contribution in [0.1, 0.15) is 72.1 Å². The summed E-state index contributed by atoms with van der Waals surface area (Å²) in [6.45, 7) is 0.791. The minimum Gasteiger partial charge on any atom is -0.453 e. The smallest absolute Gasteiger partial charge is 0.407 e. The fourth-order valence-corrected chi connectivity index (χ4v) is 8.85. The molecule has 4 amide bonds. The summed E-state index contributed by atoms with van der Waals surface area (Å²) in [6.07, 6.45) is 3.01. The molecule has 1 aliphatic carbocycles. The van der Waals surface area contributed by atoms with Crippen molar-refractivity contribution in [2.45, 2.75) is 49.7 Å². The summed E-state index contributed by atoms with van der Waals surface area (Å²) in [6, 6.07) is 22.9. The number of imidazole rings is 2. The molecule has 14 nitrogen and oxygen atoms in total. The molecule has 4 aromatic carbocycles. The molecule has 3 atom stereocenters. The quantitative estimate of drug-likeness (QED) is 0.116. The summed E-state index contributed by atoms with van der Waals surface area (Å²) in [5.74, 6) is -2.71. The lowest BCUT2D eigenvalue weighted by atomic mass is 9.98. The van der Waals surface area contributed by atoms with Crippen LogP contribution >= 0.6 is 0 Å². The van der Waals surface area contributed by atoms with Crippen molar-refractivity contribution < 1.29 is 37.4 Å². The van der Waals surface area contributed by atoms with Gasteiger partial charge >= 0.3 is 12.2 Å². The number of amides is 4. The van der Waals surface area contributed by atoms with Gasteiger partial charge in [0.2, 0.25) is 5.91 Å². The third kappa shape index (κ3) is 7.21. The molecular weight excluding hydrogens is 787 g/mol. The van der Waals surface area contributed by atoms with E-state index in [2.05, 4.69) is 30.3 Å². The van der Waals surface area contributed by atoms with Gasteiger partial charge in [-0.1, -0.05) is 60.7 Å². The molecule has 4 N–H and O–H groups in total. The number of methoxy groups -OCH3 is 2. The molecule has 0 saturated carbocycles. The average molecular weight is 829 g/mol. The predicted octanol–water partition coefficient (Wildman–Crippen LogP) is 7.52. The van der Waals surface area contributed by atoms with Crippen molar-refractivity contribution >= 4 is 35.0 Å². The van der Waals surface area contributed by atoms with Gasteiger partial charge in [0.15, 0.2) is 0 Å². The van der Waals surface area contributed by atoms with E-state index in [4.69, 9.17) is 9.72 Å². The Kier molecular flexibility index (Phi) is 10.2. The number of aromatic nitrogens is 4. The minimum absolute atomic E-state index is 0.0952. The van der Waals surface area contributed by atoms with Gasteiger partial charge in [0, 0.05) is 29.8 Å². The van der Waals surface area contributed by atoms with Gasteiger partial charge in [0.1, 0.15) is 24.2 Å². The highest BCUT2D eigenvalue weighted by molar-refractivity contribution is 5.89. The van der Waals surface area contributed by atoms with E-state index in [-0.39, 0.29) is 35.5 Å². The summed E-state index contributed by atoms with van der Waals surface area (Å²) in [4.78, 5) is 70.0. The van der Waals surface area contributed by atoms with Crippen LogP contribution in [0, 0.1) is 0 Å². The number of nitrogens with one attached hydrogen (secondary N) is 4. The minimum atomic E-state index is -3.29. The van der Waals surface area contributed by atoms with Crippen molar-refractivity contribution in [3.05, 3.63) is 119 Å². The second kappa shape index (κ2) is 15.8. The van der Waals surface area contributed by atoms with Crippen molar-refractivity contribution in [3.63, 3.8) is 0 Å². The lowest BCUT2D eigenvalue weighted by Crippen LogP contribution is -2.42. The highest BCUT2D eigenvalue weighted by Crippen LogP contribution is 2.53. The number of aromatic amines is 2. The maximum absolute atomic E-state index is 16.5. The highest BCUT2D eigenvalue weighted by atomic mass is 19.3. The second-order valence-electron chi connectivity index (χ2n) is 15.4. The van der Waals surface area contributed by atoms with E-state index in [1.54, 1.807) is 58.5 Å². The molecule has 9 rings (SSSR count). The van der Waals surface area contributed by atoms with Crippen LogP contribution in [0.25, 0.3) is 44.5 Å². The lowest BCUT2D eigenvalue weighted by Gasteiger charge is -2.28.